The van der Waals surface area contributed by atoms with E-state index in [9.17, 15) is 31.2 Å². The van der Waals surface area contributed by atoms with Gasteiger partial charge in [0.05, 0.1) is 48.0 Å². The van der Waals surface area contributed by atoms with Gasteiger partial charge in [-0.15, -0.1) is 0 Å². The summed E-state index contributed by atoms with van der Waals surface area (Å²) in [6, 6.07) is 11.5. The SMILES string of the molecule is COc1cc(Cl)c(C(F)(F)F)cc1-c1c(C(=O)Nc2cc(C(C)(C)C)cc(NS(C)(=O)=O)c2OC)n(C)c2c(Oc3ccnc(N4CCN(C(C)=O)CC4)n3)cccc12. The van der Waals surface area contributed by atoms with Crippen LogP contribution in [0.1, 0.15) is 49.3 Å². The van der Waals surface area contributed by atoms with Crippen molar-refractivity contribution in [2.75, 3.05) is 61.6 Å². The number of carbonyl (C=O) groups excluding carboxylic acids is 2. The van der Waals surface area contributed by atoms with Crippen molar-refractivity contribution in [3.05, 3.63) is 76.6 Å². The fraction of sp³-hybridized carbons (Fsp3) is 0.350. The zero-order valence-electron chi connectivity index (χ0n) is 33.5. The Kier molecular flexibility index (Phi) is 11.7. The Morgan fingerprint density at radius 1 is 0.932 bits per heavy atom. The van der Waals surface area contributed by atoms with E-state index in [1.807, 2.05) is 25.7 Å². The topological polar surface area (TPSA) is 157 Å². The molecule has 0 radical (unpaired) electrons. The summed E-state index contributed by atoms with van der Waals surface area (Å²) in [5, 5.41) is 2.55. The Balaban J connectivity index is 1.54. The van der Waals surface area contributed by atoms with E-state index >= 15 is 0 Å². The van der Waals surface area contributed by atoms with E-state index in [-0.39, 0.29) is 57.2 Å². The first kappa shape index (κ1) is 42.8. The molecule has 5 aromatic rings. The molecule has 0 unspecified atom stereocenters. The number of piperazine rings is 1. The minimum Gasteiger partial charge on any atom is -0.496 e. The Hall–Kier alpha value is -5.75. The Bertz CT molecular complexity index is 2570. The molecule has 0 aliphatic carbocycles. The van der Waals surface area contributed by atoms with Crippen LogP contribution in [-0.4, -0.2) is 86.3 Å². The molecular weight excluding hydrogens is 815 g/mol. The smallest absolute Gasteiger partial charge is 0.417 e. The van der Waals surface area contributed by atoms with Gasteiger partial charge in [-0.05, 0) is 41.3 Å². The van der Waals surface area contributed by atoms with Crippen molar-refractivity contribution in [3.63, 3.8) is 0 Å². The summed E-state index contributed by atoms with van der Waals surface area (Å²) in [5.74, 6) is -0.162. The molecule has 0 saturated carbocycles. The van der Waals surface area contributed by atoms with E-state index in [4.69, 9.17) is 25.8 Å². The number of aromatic nitrogens is 3. The van der Waals surface area contributed by atoms with Gasteiger partial charge in [0, 0.05) is 68.9 Å². The zero-order valence-corrected chi connectivity index (χ0v) is 35.1. The van der Waals surface area contributed by atoms with E-state index < -0.39 is 38.1 Å². The number of benzene rings is 3. The highest BCUT2D eigenvalue weighted by Gasteiger charge is 2.36. The van der Waals surface area contributed by atoms with Crippen molar-refractivity contribution < 1.29 is 45.4 Å². The molecule has 1 aliphatic heterocycles. The summed E-state index contributed by atoms with van der Waals surface area (Å²) in [6.07, 6.45) is -2.37. The lowest BCUT2D eigenvalue weighted by atomic mass is 9.86. The molecule has 1 aliphatic rings. The van der Waals surface area contributed by atoms with Gasteiger partial charge in [0.2, 0.25) is 27.8 Å². The number of para-hydroxylation sites is 1. The minimum absolute atomic E-state index is 0.00758. The molecule has 0 atom stereocenters. The zero-order chi connectivity index (χ0) is 43.2. The summed E-state index contributed by atoms with van der Waals surface area (Å²) in [6.45, 7) is 9.18. The molecule has 1 saturated heterocycles. The number of hydrogen-bond acceptors (Lipinski definition) is 10. The standard InChI is InChI=1S/C40H43ClF3N7O7S/c1-22(52)50-14-16-51(17-15-50)38-45-13-12-32(47-38)58-30-11-9-10-24-33(25-20-26(40(42,43)44)27(41)21-31(25)56-6)35(49(5)34(24)30)37(53)46-28-18-23(39(2,3)4)19-29(36(28)57-7)48-59(8,54)55/h9-13,18-21,48H,14-17H2,1-8H3,(H,46,53). The van der Waals surface area contributed by atoms with Gasteiger partial charge < -0.3 is 33.9 Å². The van der Waals surface area contributed by atoms with Gasteiger partial charge in [0.15, 0.2) is 11.5 Å². The van der Waals surface area contributed by atoms with Crippen molar-refractivity contribution >= 4 is 61.7 Å². The Morgan fingerprint density at radius 2 is 1.61 bits per heavy atom. The van der Waals surface area contributed by atoms with E-state index in [1.165, 1.54) is 31.9 Å². The van der Waals surface area contributed by atoms with Gasteiger partial charge in [-0.3, -0.25) is 14.3 Å². The number of methoxy groups -OCH3 is 2. The van der Waals surface area contributed by atoms with Gasteiger partial charge in [-0.25, -0.2) is 13.4 Å². The van der Waals surface area contributed by atoms with Crippen LogP contribution in [0.5, 0.6) is 23.1 Å². The molecule has 19 heteroatoms. The van der Waals surface area contributed by atoms with Gasteiger partial charge in [-0.2, -0.15) is 18.2 Å². The average molecular weight is 858 g/mol. The molecule has 314 valence electrons. The van der Waals surface area contributed by atoms with E-state index in [2.05, 4.69) is 20.0 Å². The van der Waals surface area contributed by atoms with Crippen LogP contribution < -0.4 is 29.1 Å². The molecule has 14 nitrogen and oxygen atoms in total. The molecule has 3 heterocycles. The molecule has 0 spiro atoms. The number of halogens is 4. The summed E-state index contributed by atoms with van der Waals surface area (Å²) in [7, 11) is 0.323. The molecule has 6 rings (SSSR count). The maximum absolute atomic E-state index is 14.8. The first-order valence-electron chi connectivity index (χ1n) is 18.2. The number of hydrogen-bond donors (Lipinski definition) is 2. The fourth-order valence-electron chi connectivity index (χ4n) is 6.94. The maximum Gasteiger partial charge on any atom is 0.417 e. The van der Waals surface area contributed by atoms with Crippen LogP contribution in [0.25, 0.3) is 22.0 Å². The molecule has 2 amide bonds. The number of alkyl halides is 3. The van der Waals surface area contributed by atoms with Crippen molar-refractivity contribution in [1.82, 2.24) is 19.4 Å². The summed E-state index contributed by atoms with van der Waals surface area (Å²) in [4.78, 5) is 39.3. The predicted molar refractivity (Wildman–Crippen MR) is 220 cm³/mol. The highest BCUT2D eigenvalue weighted by molar-refractivity contribution is 7.92. The Labute approximate surface area is 344 Å². The van der Waals surface area contributed by atoms with Gasteiger partial charge in [0.25, 0.3) is 5.91 Å². The molecule has 2 N–H and O–H groups in total. The lowest BCUT2D eigenvalue weighted by molar-refractivity contribution is -0.137. The lowest BCUT2D eigenvalue weighted by Gasteiger charge is -2.34. The van der Waals surface area contributed by atoms with Gasteiger partial charge in [0.1, 0.15) is 11.4 Å². The van der Waals surface area contributed by atoms with Crippen molar-refractivity contribution in [2.45, 2.75) is 39.3 Å². The average Bonchev–Trinajstić information content (AvgIpc) is 3.45. The Morgan fingerprint density at radius 3 is 2.20 bits per heavy atom. The third kappa shape index (κ3) is 8.97. The third-order valence-corrected chi connectivity index (χ3v) is 10.7. The van der Waals surface area contributed by atoms with E-state index in [0.29, 0.717) is 48.6 Å². The molecule has 0 bridgehead atoms. The predicted octanol–water partition coefficient (Wildman–Crippen LogP) is 7.71. The van der Waals surface area contributed by atoms with Crippen molar-refractivity contribution in [2.24, 2.45) is 7.05 Å². The lowest BCUT2D eigenvalue weighted by Crippen LogP contribution is -2.48. The van der Waals surface area contributed by atoms with Crippen LogP contribution in [0.2, 0.25) is 5.02 Å². The van der Waals surface area contributed by atoms with Crippen molar-refractivity contribution in [1.29, 1.82) is 0 Å². The second-order valence-electron chi connectivity index (χ2n) is 14.9. The molecular formula is C40H43ClF3N7O7S. The maximum atomic E-state index is 14.8. The van der Waals surface area contributed by atoms with Gasteiger partial charge >= 0.3 is 6.18 Å². The van der Waals surface area contributed by atoms with Crippen LogP contribution in [0.3, 0.4) is 0 Å². The molecule has 1 fully saturated rings. The monoisotopic (exact) mass is 857 g/mol. The first-order valence-corrected chi connectivity index (χ1v) is 20.5. The first-order chi connectivity index (χ1) is 27.6. The number of ether oxygens (including phenoxy) is 3. The highest BCUT2D eigenvalue weighted by atomic mass is 35.5. The number of carbonyl (C=O) groups is 2. The minimum atomic E-state index is -4.87. The third-order valence-electron chi connectivity index (χ3n) is 9.80. The van der Waals surface area contributed by atoms with E-state index in [1.54, 1.807) is 48.3 Å². The fourth-order valence-corrected chi connectivity index (χ4v) is 7.75. The number of sulfonamides is 1. The number of aryl methyl sites for hydroxylation is 1. The summed E-state index contributed by atoms with van der Waals surface area (Å²) in [5.41, 5.74) is -0.764. The van der Waals surface area contributed by atoms with Crippen LogP contribution in [0.15, 0.2) is 54.7 Å². The second-order valence-corrected chi connectivity index (χ2v) is 17.1. The second kappa shape index (κ2) is 16.1. The van der Waals surface area contributed by atoms with Crippen LogP contribution >= 0.6 is 11.6 Å². The van der Waals surface area contributed by atoms with Crippen LogP contribution in [-0.2, 0) is 33.5 Å². The van der Waals surface area contributed by atoms with Crippen LogP contribution in [0, 0.1) is 0 Å². The number of nitrogens with one attached hydrogen (secondary N) is 2. The number of rotatable bonds is 10. The molecule has 2 aromatic heterocycles. The summed E-state index contributed by atoms with van der Waals surface area (Å²) >= 11 is 6.14. The highest BCUT2D eigenvalue weighted by Crippen LogP contribution is 2.48. The molecule has 3 aromatic carbocycles. The van der Waals surface area contributed by atoms with Crippen LogP contribution in [0.4, 0.5) is 30.5 Å². The largest absolute Gasteiger partial charge is 0.496 e. The normalized spacial score (nSPS) is 13.7. The number of fused-ring (bicyclic) bond motifs is 1. The summed E-state index contributed by atoms with van der Waals surface area (Å²) < 4.78 is 89.6. The van der Waals surface area contributed by atoms with Crippen molar-refractivity contribution in [3.8, 4) is 34.3 Å². The molecule has 59 heavy (non-hydrogen) atoms. The number of nitrogens with zero attached hydrogens (tertiary/aromatic N) is 5. The quantitative estimate of drug-likeness (QED) is 0.143. The number of anilines is 3. The number of amides is 2. The van der Waals surface area contributed by atoms with E-state index in [0.717, 1.165) is 18.4 Å². The van der Waals surface area contributed by atoms with Gasteiger partial charge in [-0.1, -0.05) is 44.5 Å².